The van der Waals surface area contributed by atoms with E-state index in [0.29, 0.717) is 30.8 Å². The van der Waals surface area contributed by atoms with Crippen LogP contribution >= 0.6 is 0 Å². The number of nitrogens with zero attached hydrogens (tertiary/aromatic N) is 2. The van der Waals surface area contributed by atoms with Crippen molar-refractivity contribution < 1.29 is 18.7 Å². The van der Waals surface area contributed by atoms with Gasteiger partial charge in [-0.15, -0.1) is 0 Å². The first kappa shape index (κ1) is 21.7. The Morgan fingerprint density at radius 3 is 2.61 bits per heavy atom. The molecule has 2 aliphatic heterocycles. The molecule has 4 rings (SSSR count). The lowest BCUT2D eigenvalue weighted by Crippen LogP contribution is -2.58. The molecule has 2 aliphatic rings. The highest BCUT2D eigenvalue weighted by Crippen LogP contribution is 2.43. The number of benzene rings is 2. The van der Waals surface area contributed by atoms with Gasteiger partial charge in [0, 0.05) is 55.9 Å². The molecule has 0 atom stereocenters. The number of rotatable bonds is 6. The lowest BCUT2D eigenvalue weighted by atomic mass is 9.76. The van der Waals surface area contributed by atoms with E-state index >= 15 is 0 Å². The molecular weight excluding hydrogens is 400 g/mol. The Bertz CT molecular complexity index is 958. The number of anilines is 2. The summed E-state index contributed by atoms with van der Waals surface area (Å²) in [6, 6.07) is 9.56. The predicted octanol–water partition coefficient (Wildman–Crippen LogP) is 3.82. The molecular formula is C24H29F2N3O2. The molecule has 5 nitrogen and oxygen atoms in total. The van der Waals surface area contributed by atoms with Crippen LogP contribution in [0.15, 0.2) is 36.4 Å². The zero-order valence-electron chi connectivity index (χ0n) is 17.8. The summed E-state index contributed by atoms with van der Waals surface area (Å²) in [6.07, 6.45) is 2.11. The Labute approximate surface area is 181 Å². The minimum Gasteiger partial charge on any atom is -0.395 e. The van der Waals surface area contributed by atoms with Crippen LogP contribution in [0.3, 0.4) is 0 Å². The molecule has 2 N–H and O–H groups in total. The van der Waals surface area contributed by atoms with E-state index in [-0.39, 0.29) is 29.6 Å². The van der Waals surface area contributed by atoms with Gasteiger partial charge in [-0.05, 0) is 55.7 Å². The van der Waals surface area contributed by atoms with Gasteiger partial charge in [-0.2, -0.15) is 0 Å². The number of aliphatic hydroxyl groups excluding tert-OH is 1. The van der Waals surface area contributed by atoms with E-state index in [4.69, 9.17) is 5.11 Å². The Hall–Kier alpha value is -2.51. The molecule has 0 aromatic heterocycles. The molecule has 0 amide bonds. The molecule has 0 aliphatic carbocycles. The van der Waals surface area contributed by atoms with Crippen LogP contribution in [0.1, 0.15) is 42.1 Å². The van der Waals surface area contributed by atoms with Crippen LogP contribution in [-0.4, -0.2) is 54.1 Å². The maximum Gasteiger partial charge on any atom is 0.167 e. The number of halogens is 2. The Kier molecular flexibility index (Phi) is 6.25. The molecule has 0 bridgehead atoms. The maximum atomic E-state index is 14.0. The smallest absolute Gasteiger partial charge is 0.167 e. The minimum atomic E-state index is -0.374. The molecule has 0 saturated carbocycles. The quantitative estimate of drug-likeness (QED) is 0.731. The molecule has 2 aromatic rings. The number of Topliss-reactive ketones (excluding diaryl/α,β-unsaturated/α-hetero) is 1. The van der Waals surface area contributed by atoms with Crippen molar-refractivity contribution in [1.29, 1.82) is 0 Å². The minimum absolute atomic E-state index is 0.0192. The fourth-order valence-electron chi connectivity index (χ4n) is 5.05. The Morgan fingerprint density at radius 1 is 1.13 bits per heavy atom. The van der Waals surface area contributed by atoms with E-state index < -0.39 is 0 Å². The van der Waals surface area contributed by atoms with Crippen molar-refractivity contribution in [2.45, 2.75) is 38.3 Å². The molecule has 0 unspecified atom stereocenters. The van der Waals surface area contributed by atoms with Crippen LogP contribution in [0, 0.1) is 11.6 Å². The fraction of sp³-hybridized carbons (Fsp3) is 0.458. The van der Waals surface area contributed by atoms with Crippen molar-refractivity contribution in [2.75, 3.05) is 43.0 Å². The average Bonchev–Trinajstić information content (AvgIpc) is 2.76. The van der Waals surface area contributed by atoms with E-state index in [1.54, 1.807) is 18.2 Å². The van der Waals surface area contributed by atoms with Gasteiger partial charge >= 0.3 is 0 Å². The van der Waals surface area contributed by atoms with Crippen LogP contribution in [-0.2, 0) is 6.54 Å². The number of fused-ring (bicyclic) bond motifs is 1. The molecule has 2 aromatic carbocycles. The lowest BCUT2D eigenvalue weighted by molar-refractivity contribution is 0.0859. The molecule has 1 saturated heterocycles. The zero-order chi connectivity index (χ0) is 22.0. The summed E-state index contributed by atoms with van der Waals surface area (Å²) in [7, 11) is 0. The van der Waals surface area contributed by atoms with Crippen molar-refractivity contribution >= 4 is 17.2 Å². The van der Waals surface area contributed by atoms with Gasteiger partial charge in [0.2, 0.25) is 0 Å². The number of aliphatic hydroxyl groups is 1. The molecule has 7 heteroatoms. The summed E-state index contributed by atoms with van der Waals surface area (Å²) in [4.78, 5) is 17.4. The predicted molar refractivity (Wildman–Crippen MR) is 118 cm³/mol. The van der Waals surface area contributed by atoms with Gasteiger partial charge < -0.3 is 15.3 Å². The maximum absolute atomic E-state index is 14.0. The van der Waals surface area contributed by atoms with Crippen LogP contribution in [0.2, 0.25) is 0 Å². The number of carbonyl (C=O) groups is 1. The Balaban J connectivity index is 1.47. The standard InChI is InChI=1S/C24H29F2N3O2/c1-2-29-22-6-4-18(25)14-19(22)23(31)15-24(29)7-10-28(11-8-24)16-17-3-5-20(26)21(13-17)27-9-12-30/h3-6,13-14,27,30H,2,7-12,15-16H2,1H3. The molecule has 1 fully saturated rings. The summed E-state index contributed by atoms with van der Waals surface area (Å²) in [6.45, 7) is 5.46. The van der Waals surface area contributed by atoms with Crippen molar-refractivity contribution in [3.8, 4) is 0 Å². The first-order chi connectivity index (χ1) is 15.0. The van der Waals surface area contributed by atoms with Crippen LogP contribution in [0.5, 0.6) is 0 Å². The second-order valence-corrected chi connectivity index (χ2v) is 8.47. The van der Waals surface area contributed by atoms with Gasteiger partial charge in [0.05, 0.1) is 12.3 Å². The van der Waals surface area contributed by atoms with Crippen LogP contribution in [0.4, 0.5) is 20.2 Å². The molecule has 1 spiro atoms. The number of nitrogens with one attached hydrogen (secondary N) is 1. The highest BCUT2D eigenvalue weighted by molar-refractivity contribution is 6.04. The van der Waals surface area contributed by atoms with Crippen LogP contribution < -0.4 is 10.2 Å². The molecule has 166 valence electrons. The van der Waals surface area contributed by atoms with Gasteiger partial charge in [-0.25, -0.2) is 8.78 Å². The Morgan fingerprint density at radius 2 is 1.90 bits per heavy atom. The highest BCUT2D eigenvalue weighted by Gasteiger charge is 2.45. The number of hydrogen-bond acceptors (Lipinski definition) is 5. The van der Waals surface area contributed by atoms with E-state index in [1.165, 1.54) is 18.2 Å². The summed E-state index contributed by atoms with van der Waals surface area (Å²) in [5, 5.41) is 11.9. The summed E-state index contributed by atoms with van der Waals surface area (Å²) >= 11 is 0. The zero-order valence-corrected chi connectivity index (χ0v) is 17.8. The average molecular weight is 430 g/mol. The van der Waals surface area contributed by atoms with E-state index in [2.05, 4.69) is 22.0 Å². The normalized spacial score (nSPS) is 18.3. The third-order valence-electron chi connectivity index (χ3n) is 6.58. The van der Waals surface area contributed by atoms with Crippen molar-refractivity contribution in [3.63, 3.8) is 0 Å². The lowest BCUT2D eigenvalue weighted by Gasteiger charge is -2.52. The fourth-order valence-corrected chi connectivity index (χ4v) is 5.05. The van der Waals surface area contributed by atoms with Crippen molar-refractivity contribution in [1.82, 2.24) is 4.90 Å². The van der Waals surface area contributed by atoms with Gasteiger partial charge in [0.15, 0.2) is 5.78 Å². The van der Waals surface area contributed by atoms with E-state index in [0.717, 1.165) is 43.7 Å². The number of likely N-dealkylation sites (tertiary alicyclic amines) is 1. The largest absolute Gasteiger partial charge is 0.395 e. The second kappa shape index (κ2) is 8.93. The van der Waals surface area contributed by atoms with E-state index in [1.807, 2.05) is 0 Å². The summed E-state index contributed by atoms with van der Waals surface area (Å²) in [5.41, 5.74) is 2.50. The van der Waals surface area contributed by atoms with Gasteiger partial charge in [0.1, 0.15) is 11.6 Å². The van der Waals surface area contributed by atoms with Gasteiger partial charge in [0.25, 0.3) is 0 Å². The molecule has 0 radical (unpaired) electrons. The van der Waals surface area contributed by atoms with E-state index in [9.17, 15) is 13.6 Å². The number of ketones is 1. The van der Waals surface area contributed by atoms with Gasteiger partial charge in [-0.3, -0.25) is 9.69 Å². The van der Waals surface area contributed by atoms with Crippen molar-refractivity contribution in [3.05, 3.63) is 59.2 Å². The van der Waals surface area contributed by atoms with Gasteiger partial charge in [-0.1, -0.05) is 6.07 Å². The summed E-state index contributed by atoms with van der Waals surface area (Å²) < 4.78 is 27.7. The molecule has 31 heavy (non-hydrogen) atoms. The first-order valence-electron chi connectivity index (χ1n) is 10.9. The molecule has 2 heterocycles. The third kappa shape index (κ3) is 4.29. The monoisotopic (exact) mass is 429 g/mol. The highest BCUT2D eigenvalue weighted by atomic mass is 19.1. The number of carbonyl (C=O) groups excluding carboxylic acids is 1. The third-order valence-corrected chi connectivity index (χ3v) is 6.58. The number of piperidine rings is 1. The number of hydrogen-bond donors (Lipinski definition) is 2. The SMILES string of the molecule is CCN1c2ccc(F)cc2C(=O)CC12CCN(Cc1ccc(F)c(NCCO)c1)CC2. The van der Waals surface area contributed by atoms with Crippen LogP contribution in [0.25, 0.3) is 0 Å². The van der Waals surface area contributed by atoms with Crippen molar-refractivity contribution in [2.24, 2.45) is 0 Å². The topological polar surface area (TPSA) is 55.8 Å². The first-order valence-corrected chi connectivity index (χ1v) is 10.9. The second-order valence-electron chi connectivity index (χ2n) is 8.47. The summed E-state index contributed by atoms with van der Waals surface area (Å²) in [5.74, 6) is -0.684.